The number of anilines is 1. The largest absolute Gasteiger partial charge is 0.332 e. The molecular formula is C18H20F3N2O+. The van der Waals surface area contributed by atoms with Crippen LogP contribution in [0.5, 0.6) is 0 Å². The van der Waals surface area contributed by atoms with Gasteiger partial charge in [0, 0.05) is 11.5 Å². The predicted octanol–water partition coefficient (Wildman–Crippen LogP) is 3.00. The summed E-state index contributed by atoms with van der Waals surface area (Å²) in [5.74, 6) is -4.49. The first-order valence-corrected chi connectivity index (χ1v) is 7.71. The van der Waals surface area contributed by atoms with Crippen molar-refractivity contribution in [3.8, 4) is 0 Å². The van der Waals surface area contributed by atoms with Crippen molar-refractivity contribution < 1.29 is 23.3 Å². The third-order valence-electron chi connectivity index (χ3n) is 3.77. The maximum absolute atomic E-state index is 13.6. The van der Waals surface area contributed by atoms with Crippen LogP contribution in [0, 0.1) is 23.4 Å². The Morgan fingerprint density at radius 1 is 1.04 bits per heavy atom. The molecule has 0 saturated carbocycles. The maximum Gasteiger partial charge on any atom is 0.279 e. The monoisotopic (exact) mass is 337 g/mol. The summed E-state index contributed by atoms with van der Waals surface area (Å²) >= 11 is 0. The number of amides is 1. The van der Waals surface area contributed by atoms with E-state index in [9.17, 15) is 18.0 Å². The summed E-state index contributed by atoms with van der Waals surface area (Å²) < 4.78 is 39.6. The van der Waals surface area contributed by atoms with E-state index in [1.165, 1.54) is 0 Å². The Labute approximate surface area is 138 Å². The summed E-state index contributed by atoms with van der Waals surface area (Å²) in [6, 6.07) is 11.6. The molecule has 0 spiro atoms. The summed E-state index contributed by atoms with van der Waals surface area (Å²) in [4.78, 5) is 12.0. The number of carbonyl (C=O) groups excluding carboxylic acids is 1. The third-order valence-corrected chi connectivity index (χ3v) is 3.77. The highest BCUT2D eigenvalue weighted by atomic mass is 19.2. The van der Waals surface area contributed by atoms with Crippen LogP contribution in [-0.2, 0) is 4.79 Å². The van der Waals surface area contributed by atoms with Crippen molar-refractivity contribution in [1.82, 2.24) is 0 Å². The Morgan fingerprint density at radius 3 is 2.33 bits per heavy atom. The number of hydrogen-bond acceptors (Lipinski definition) is 1. The van der Waals surface area contributed by atoms with E-state index in [0.717, 1.165) is 17.7 Å². The van der Waals surface area contributed by atoms with E-state index in [2.05, 4.69) is 5.32 Å². The van der Waals surface area contributed by atoms with Crippen molar-refractivity contribution in [3.63, 3.8) is 0 Å². The molecule has 0 bridgehead atoms. The number of nitrogens with two attached hydrogens (primary N) is 1. The minimum atomic E-state index is -1.60. The first kappa shape index (κ1) is 18.0. The Balaban J connectivity index is 2.01. The van der Waals surface area contributed by atoms with Crippen molar-refractivity contribution in [2.45, 2.75) is 19.9 Å². The van der Waals surface area contributed by atoms with Crippen molar-refractivity contribution in [3.05, 3.63) is 65.5 Å². The molecule has 1 amide bonds. The van der Waals surface area contributed by atoms with Crippen LogP contribution in [-0.4, -0.2) is 12.5 Å². The van der Waals surface area contributed by atoms with Gasteiger partial charge in [-0.2, -0.15) is 0 Å². The molecule has 0 aliphatic heterocycles. The van der Waals surface area contributed by atoms with Crippen LogP contribution in [0.3, 0.4) is 0 Å². The quantitative estimate of drug-likeness (QED) is 0.782. The first-order chi connectivity index (χ1) is 11.4. The van der Waals surface area contributed by atoms with Gasteiger partial charge in [-0.25, -0.2) is 13.2 Å². The average molecular weight is 337 g/mol. The van der Waals surface area contributed by atoms with Gasteiger partial charge in [0.15, 0.2) is 24.0 Å². The lowest BCUT2D eigenvalue weighted by atomic mass is 9.96. The van der Waals surface area contributed by atoms with Crippen molar-refractivity contribution >= 4 is 11.6 Å². The van der Waals surface area contributed by atoms with Gasteiger partial charge in [0.2, 0.25) is 0 Å². The molecule has 0 aromatic heterocycles. The summed E-state index contributed by atoms with van der Waals surface area (Å²) in [5.41, 5.74) is 0.715. The van der Waals surface area contributed by atoms with Crippen LogP contribution in [0.25, 0.3) is 0 Å². The van der Waals surface area contributed by atoms with Gasteiger partial charge in [0.25, 0.3) is 5.91 Å². The zero-order chi connectivity index (χ0) is 17.7. The highest BCUT2D eigenvalue weighted by molar-refractivity contribution is 5.91. The molecule has 24 heavy (non-hydrogen) atoms. The third kappa shape index (κ3) is 4.35. The highest BCUT2D eigenvalue weighted by Gasteiger charge is 2.21. The molecule has 0 heterocycles. The Kier molecular flexibility index (Phi) is 5.98. The molecule has 2 aromatic carbocycles. The van der Waals surface area contributed by atoms with Crippen LogP contribution in [0.4, 0.5) is 18.9 Å². The molecule has 0 fully saturated rings. The van der Waals surface area contributed by atoms with E-state index in [4.69, 9.17) is 0 Å². The number of carbonyl (C=O) groups is 1. The van der Waals surface area contributed by atoms with Gasteiger partial charge in [0.05, 0.1) is 5.69 Å². The second kappa shape index (κ2) is 7.97. The van der Waals surface area contributed by atoms with Gasteiger partial charge in [-0.3, -0.25) is 4.79 Å². The molecule has 0 aliphatic rings. The molecule has 2 aromatic rings. The fraction of sp³-hybridized carbons (Fsp3) is 0.278. The minimum absolute atomic E-state index is 0.0379. The number of halogens is 3. The summed E-state index contributed by atoms with van der Waals surface area (Å²) in [6.45, 7) is 4.12. The molecule has 0 aliphatic carbocycles. The van der Waals surface area contributed by atoms with E-state index in [-0.39, 0.29) is 24.2 Å². The van der Waals surface area contributed by atoms with Crippen LogP contribution in [0.1, 0.15) is 25.5 Å². The highest BCUT2D eigenvalue weighted by Crippen LogP contribution is 2.19. The molecule has 0 unspecified atom stereocenters. The standard InChI is InChI=1S/C18H19F3N2O/c1-11(2)18(12-6-4-3-5-7-12)22-10-15(24)23-14-9-8-13(19)16(20)17(14)21/h3-9,11,18,22H,10H2,1-2H3,(H,23,24)/p+1/t18-/m0/s1. The van der Waals surface area contributed by atoms with Crippen LogP contribution >= 0.6 is 0 Å². The first-order valence-electron chi connectivity index (χ1n) is 7.71. The summed E-state index contributed by atoms with van der Waals surface area (Å²) in [6.07, 6.45) is 0. The van der Waals surface area contributed by atoms with Crippen molar-refractivity contribution in [2.75, 3.05) is 11.9 Å². The maximum atomic E-state index is 13.6. The Hall–Kier alpha value is -2.34. The molecule has 0 saturated heterocycles. The van der Waals surface area contributed by atoms with Crippen LogP contribution in [0.2, 0.25) is 0 Å². The van der Waals surface area contributed by atoms with Gasteiger partial charge in [-0.1, -0.05) is 44.2 Å². The van der Waals surface area contributed by atoms with Crippen LogP contribution in [0.15, 0.2) is 42.5 Å². The molecule has 0 radical (unpaired) electrons. The molecule has 3 N–H and O–H groups in total. The van der Waals surface area contributed by atoms with Gasteiger partial charge in [-0.05, 0) is 12.1 Å². The Morgan fingerprint density at radius 2 is 1.71 bits per heavy atom. The molecular weight excluding hydrogens is 317 g/mol. The lowest BCUT2D eigenvalue weighted by Crippen LogP contribution is -2.88. The molecule has 2 rings (SSSR count). The molecule has 1 atom stereocenters. The van der Waals surface area contributed by atoms with Crippen molar-refractivity contribution in [2.24, 2.45) is 5.92 Å². The Bertz CT molecular complexity index is 705. The zero-order valence-corrected chi connectivity index (χ0v) is 13.5. The number of benzene rings is 2. The second-order valence-corrected chi connectivity index (χ2v) is 5.89. The van der Waals surface area contributed by atoms with E-state index >= 15 is 0 Å². The second-order valence-electron chi connectivity index (χ2n) is 5.89. The SMILES string of the molecule is CC(C)[C@H]([NH2+]CC(=O)Nc1ccc(F)c(F)c1F)c1ccccc1. The van der Waals surface area contributed by atoms with E-state index in [1.807, 2.05) is 49.5 Å². The summed E-state index contributed by atoms with van der Waals surface area (Å²) in [7, 11) is 0. The normalized spacial score (nSPS) is 12.2. The smallest absolute Gasteiger partial charge is 0.279 e. The average Bonchev–Trinajstić information content (AvgIpc) is 2.56. The fourth-order valence-electron chi connectivity index (χ4n) is 2.53. The fourth-order valence-corrected chi connectivity index (χ4v) is 2.53. The molecule has 3 nitrogen and oxygen atoms in total. The number of rotatable bonds is 6. The van der Waals surface area contributed by atoms with Gasteiger partial charge < -0.3 is 10.6 Å². The topological polar surface area (TPSA) is 45.7 Å². The van der Waals surface area contributed by atoms with Gasteiger partial charge in [-0.15, -0.1) is 0 Å². The van der Waals surface area contributed by atoms with Gasteiger partial charge in [0.1, 0.15) is 6.04 Å². The van der Waals surface area contributed by atoms with Crippen LogP contribution < -0.4 is 10.6 Å². The van der Waals surface area contributed by atoms with E-state index in [1.54, 1.807) is 0 Å². The minimum Gasteiger partial charge on any atom is -0.332 e. The lowest BCUT2D eigenvalue weighted by Gasteiger charge is -2.19. The van der Waals surface area contributed by atoms with E-state index < -0.39 is 23.4 Å². The zero-order valence-electron chi connectivity index (χ0n) is 13.5. The number of nitrogens with one attached hydrogen (secondary N) is 1. The predicted molar refractivity (Wildman–Crippen MR) is 85.8 cm³/mol. The van der Waals surface area contributed by atoms with Crippen molar-refractivity contribution in [1.29, 1.82) is 0 Å². The number of quaternary nitrogens is 1. The summed E-state index contributed by atoms with van der Waals surface area (Å²) in [5, 5.41) is 4.11. The number of hydrogen-bond donors (Lipinski definition) is 2. The van der Waals surface area contributed by atoms with E-state index in [0.29, 0.717) is 0 Å². The molecule has 128 valence electrons. The molecule has 6 heteroatoms. The lowest BCUT2D eigenvalue weighted by molar-refractivity contribution is -0.692. The van der Waals surface area contributed by atoms with Gasteiger partial charge >= 0.3 is 0 Å².